The van der Waals surface area contributed by atoms with Gasteiger partial charge in [-0.15, -0.1) is 0 Å². The maximum atomic E-state index is 9.01. The van der Waals surface area contributed by atoms with E-state index in [1.54, 1.807) is 19.2 Å². The summed E-state index contributed by atoms with van der Waals surface area (Å²) >= 11 is 0. The first-order valence-corrected chi connectivity index (χ1v) is 10.8. The molecule has 3 aromatic carbocycles. The first-order chi connectivity index (χ1) is 16.2. The molecule has 0 unspecified atom stereocenters. The van der Waals surface area contributed by atoms with Crippen molar-refractivity contribution in [2.24, 2.45) is 0 Å². The minimum atomic E-state index is 0. The van der Waals surface area contributed by atoms with Gasteiger partial charge in [0.15, 0.2) is 35.7 Å². The van der Waals surface area contributed by atoms with Gasteiger partial charge in [-0.05, 0) is 52.9 Å². The van der Waals surface area contributed by atoms with Crippen molar-refractivity contribution in [2.45, 2.75) is 19.6 Å². The average Bonchev–Trinajstić information content (AvgIpc) is 3.32. The van der Waals surface area contributed by atoms with Crippen molar-refractivity contribution in [1.82, 2.24) is 0 Å². The summed E-state index contributed by atoms with van der Waals surface area (Å²) < 4.78 is 25.3. The third-order valence-corrected chi connectivity index (χ3v) is 6.26. The highest BCUT2D eigenvalue weighted by Crippen LogP contribution is 2.41. The lowest BCUT2D eigenvalue weighted by Crippen LogP contribution is -3.00. The number of fused-ring (bicyclic) bond motifs is 5. The zero-order chi connectivity index (χ0) is 22.4. The molecular formula is C27H21IN2O4. The van der Waals surface area contributed by atoms with E-state index in [0.29, 0.717) is 23.7 Å². The average molecular weight is 564 g/mol. The van der Waals surface area contributed by atoms with E-state index in [1.165, 1.54) is 11.1 Å². The number of nitrogens with zero attached hydrogens (tertiary/aromatic N) is 2. The maximum absolute atomic E-state index is 9.01. The fraction of sp³-hybridized carbons (Fsp3) is 0.185. The fourth-order valence-corrected chi connectivity index (χ4v) is 4.54. The highest BCUT2D eigenvalue weighted by Gasteiger charge is 2.28. The molecule has 0 radical (unpaired) electrons. The van der Waals surface area contributed by atoms with Crippen LogP contribution in [0.25, 0.3) is 22.0 Å². The first kappa shape index (κ1) is 22.3. The Labute approximate surface area is 214 Å². The Balaban J connectivity index is 0.00000241. The van der Waals surface area contributed by atoms with Gasteiger partial charge in [-0.3, -0.25) is 0 Å². The minimum Gasteiger partial charge on any atom is -1.00 e. The van der Waals surface area contributed by atoms with Crippen molar-refractivity contribution < 1.29 is 47.5 Å². The molecule has 6 nitrogen and oxygen atoms in total. The molecule has 4 aromatic rings. The molecule has 1 aromatic heterocycles. The number of pyridine rings is 1. The van der Waals surface area contributed by atoms with Gasteiger partial charge < -0.3 is 42.9 Å². The summed E-state index contributed by atoms with van der Waals surface area (Å²) in [5, 5.41) is 11.1. The predicted octanol–water partition coefficient (Wildman–Crippen LogP) is 1.54. The molecule has 6 rings (SSSR count). The molecule has 2 aliphatic rings. The summed E-state index contributed by atoms with van der Waals surface area (Å²) in [6.45, 7) is 1.52. The van der Waals surface area contributed by atoms with E-state index in [4.69, 9.17) is 24.2 Å². The molecule has 7 heteroatoms. The number of rotatable bonds is 4. The van der Waals surface area contributed by atoms with Crippen molar-refractivity contribution >= 4 is 10.8 Å². The number of benzene rings is 3. The zero-order valence-corrected chi connectivity index (χ0v) is 20.7. The van der Waals surface area contributed by atoms with Crippen LogP contribution in [-0.4, -0.2) is 13.9 Å². The molecule has 0 spiro atoms. The quantitative estimate of drug-likeness (QED) is 0.278. The lowest BCUT2D eigenvalue weighted by Gasteiger charge is -2.18. The van der Waals surface area contributed by atoms with Gasteiger partial charge in [0.05, 0.1) is 29.7 Å². The normalized spacial score (nSPS) is 12.8. The molecule has 0 saturated carbocycles. The Bertz CT molecular complexity index is 1440. The third-order valence-electron chi connectivity index (χ3n) is 6.26. The molecular weight excluding hydrogens is 543 g/mol. The monoisotopic (exact) mass is 564 g/mol. The van der Waals surface area contributed by atoms with E-state index >= 15 is 0 Å². The van der Waals surface area contributed by atoms with Crippen LogP contribution in [0.15, 0.2) is 60.8 Å². The minimum absolute atomic E-state index is 0. The second kappa shape index (κ2) is 9.03. The molecule has 34 heavy (non-hydrogen) atoms. The second-order valence-corrected chi connectivity index (χ2v) is 8.16. The van der Waals surface area contributed by atoms with Gasteiger partial charge in [-0.1, -0.05) is 12.1 Å². The number of hydrogen-bond acceptors (Lipinski definition) is 5. The van der Waals surface area contributed by atoms with E-state index in [2.05, 4.69) is 41.1 Å². The molecule has 170 valence electrons. The van der Waals surface area contributed by atoms with E-state index < -0.39 is 0 Å². The number of nitriles is 1. The summed E-state index contributed by atoms with van der Waals surface area (Å²) in [6.07, 6.45) is 3.06. The number of aryl methyl sites for hydroxylation is 2. The topological polar surface area (TPSA) is 64.6 Å². The fourth-order valence-electron chi connectivity index (χ4n) is 4.54. The van der Waals surface area contributed by atoms with Gasteiger partial charge in [-0.25, -0.2) is 0 Å². The van der Waals surface area contributed by atoms with Crippen LogP contribution in [0.5, 0.6) is 23.0 Å². The maximum Gasteiger partial charge on any atom is 0.231 e. The van der Waals surface area contributed by atoms with Crippen molar-refractivity contribution in [3.05, 3.63) is 77.5 Å². The predicted molar refractivity (Wildman–Crippen MR) is 121 cm³/mol. The van der Waals surface area contributed by atoms with Crippen LogP contribution in [-0.2, 0) is 19.6 Å². The summed E-state index contributed by atoms with van der Waals surface area (Å²) in [7, 11) is 1.65. The van der Waals surface area contributed by atoms with E-state index in [0.717, 1.165) is 46.5 Å². The largest absolute Gasteiger partial charge is 1.00 e. The molecule has 0 aliphatic carbocycles. The SMILES string of the molecule is COc1ccc2cc3[n+](cc2c1OCc1ccc(C#N)cc1)CCc1cc2c(cc1-3)OCO2.[I-]. The highest BCUT2D eigenvalue weighted by molar-refractivity contribution is 5.91. The number of ether oxygens (including phenoxy) is 4. The molecule has 0 amide bonds. The Morgan fingerprint density at radius 3 is 2.59 bits per heavy atom. The van der Waals surface area contributed by atoms with Gasteiger partial charge in [0.1, 0.15) is 6.61 Å². The van der Waals surface area contributed by atoms with Crippen molar-refractivity contribution in [3.63, 3.8) is 0 Å². The van der Waals surface area contributed by atoms with E-state index in [-0.39, 0.29) is 30.8 Å². The first-order valence-electron chi connectivity index (χ1n) is 10.8. The molecule has 0 bridgehead atoms. The number of methoxy groups -OCH3 is 1. The van der Waals surface area contributed by atoms with Crippen LogP contribution in [0.2, 0.25) is 0 Å². The van der Waals surface area contributed by atoms with Crippen molar-refractivity contribution in [2.75, 3.05) is 13.9 Å². The van der Waals surface area contributed by atoms with Gasteiger partial charge in [-0.2, -0.15) is 9.83 Å². The van der Waals surface area contributed by atoms with Crippen LogP contribution in [0.1, 0.15) is 16.7 Å². The van der Waals surface area contributed by atoms with Crippen molar-refractivity contribution in [3.8, 4) is 40.3 Å². The standard InChI is InChI=1S/C27H21N2O4.HI/c1-30-24-7-6-19-10-23-21-12-26-25(32-16-33-26)11-20(21)8-9-29(23)14-22(19)27(24)31-15-18-4-2-17(13-28)3-5-18;/h2-7,10-12,14H,8-9,15-16H2,1H3;1H/q+1;/p-1. The lowest BCUT2D eigenvalue weighted by atomic mass is 9.95. The van der Waals surface area contributed by atoms with Gasteiger partial charge in [0, 0.05) is 12.5 Å². The Morgan fingerprint density at radius 2 is 1.82 bits per heavy atom. The Kier molecular flexibility index (Phi) is 5.92. The number of halogens is 1. The number of hydrogen-bond donors (Lipinski definition) is 0. The van der Waals surface area contributed by atoms with Crippen LogP contribution < -0.4 is 47.5 Å². The van der Waals surface area contributed by atoms with E-state index in [1.807, 2.05) is 18.2 Å². The van der Waals surface area contributed by atoms with Gasteiger partial charge in [0.25, 0.3) is 0 Å². The molecule has 0 saturated heterocycles. The smallest absolute Gasteiger partial charge is 0.231 e. The Morgan fingerprint density at radius 1 is 1.03 bits per heavy atom. The third kappa shape index (κ3) is 3.78. The number of aromatic nitrogens is 1. The van der Waals surface area contributed by atoms with Gasteiger partial charge in [0.2, 0.25) is 12.5 Å². The van der Waals surface area contributed by atoms with Crippen LogP contribution >= 0.6 is 0 Å². The highest BCUT2D eigenvalue weighted by atomic mass is 127. The van der Waals surface area contributed by atoms with E-state index in [9.17, 15) is 0 Å². The summed E-state index contributed by atoms with van der Waals surface area (Å²) in [5.74, 6) is 3.03. The van der Waals surface area contributed by atoms with Crippen LogP contribution in [0, 0.1) is 11.3 Å². The zero-order valence-electron chi connectivity index (χ0n) is 18.5. The van der Waals surface area contributed by atoms with Crippen LogP contribution in [0.3, 0.4) is 0 Å². The molecule has 3 heterocycles. The Hall–Kier alpha value is -3.51. The van der Waals surface area contributed by atoms with Gasteiger partial charge >= 0.3 is 0 Å². The summed E-state index contributed by atoms with van der Waals surface area (Å²) in [5.41, 5.74) is 5.20. The molecule has 0 atom stereocenters. The van der Waals surface area contributed by atoms with Crippen molar-refractivity contribution in [1.29, 1.82) is 5.26 Å². The second-order valence-electron chi connectivity index (χ2n) is 8.16. The summed E-state index contributed by atoms with van der Waals surface area (Å²) in [6, 6.07) is 19.9. The molecule has 2 aliphatic heterocycles. The summed E-state index contributed by atoms with van der Waals surface area (Å²) in [4.78, 5) is 0. The molecule has 0 N–H and O–H groups in total. The molecule has 0 fully saturated rings. The lowest BCUT2D eigenvalue weighted by molar-refractivity contribution is -0.686. The van der Waals surface area contributed by atoms with Crippen LogP contribution in [0.4, 0.5) is 0 Å².